The molecule has 0 aliphatic carbocycles. The van der Waals surface area contributed by atoms with E-state index in [2.05, 4.69) is 27.2 Å². The van der Waals surface area contributed by atoms with Crippen LogP contribution in [0.1, 0.15) is 12.5 Å². The average Bonchev–Trinajstić information content (AvgIpc) is 3.08. The number of aromatic nitrogens is 2. The minimum Gasteiger partial charge on any atom is -0.507 e. The van der Waals surface area contributed by atoms with Gasteiger partial charge in [0.15, 0.2) is 5.65 Å². The zero-order chi connectivity index (χ0) is 19.7. The van der Waals surface area contributed by atoms with Gasteiger partial charge in [-0.15, -0.1) is 0 Å². The second-order valence-electron chi connectivity index (χ2n) is 7.09. The summed E-state index contributed by atoms with van der Waals surface area (Å²) in [5, 5.41) is 14.5. The lowest BCUT2D eigenvalue weighted by molar-refractivity contribution is 0.182. The standard InChI is InChI=1S/C21H23N5O2/c1-12-8-24-11-20(12)28-15-5-13-3-4-18(26-21(13)25-10-15)16-6-14(9-23-2)17(22)7-19(16)27/h3-7,9-10,12,20,24,27H,8,11,22H2,1-2H3. The van der Waals surface area contributed by atoms with Crippen LogP contribution in [0.2, 0.25) is 0 Å². The largest absolute Gasteiger partial charge is 0.507 e. The van der Waals surface area contributed by atoms with E-state index < -0.39 is 0 Å². The smallest absolute Gasteiger partial charge is 0.160 e. The number of ether oxygens (including phenoxy) is 1. The van der Waals surface area contributed by atoms with Gasteiger partial charge in [0.1, 0.15) is 17.6 Å². The number of nitrogens with one attached hydrogen (secondary N) is 1. The maximum Gasteiger partial charge on any atom is 0.160 e. The molecule has 28 heavy (non-hydrogen) atoms. The first-order chi connectivity index (χ1) is 13.5. The molecule has 7 heteroatoms. The highest BCUT2D eigenvalue weighted by Gasteiger charge is 2.24. The fourth-order valence-electron chi connectivity index (χ4n) is 3.40. The Morgan fingerprint density at radius 1 is 1.29 bits per heavy atom. The minimum absolute atomic E-state index is 0.0697. The van der Waals surface area contributed by atoms with Gasteiger partial charge in [0.05, 0.1) is 11.9 Å². The molecule has 4 N–H and O–H groups in total. The number of benzene rings is 1. The van der Waals surface area contributed by atoms with E-state index in [1.165, 1.54) is 6.07 Å². The van der Waals surface area contributed by atoms with Gasteiger partial charge in [-0.2, -0.15) is 0 Å². The third kappa shape index (κ3) is 3.48. The van der Waals surface area contributed by atoms with E-state index in [-0.39, 0.29) is 11.9 Å². The number of hydrogen-bond donors (Lipinski definition) is 3. The molecule has 4 rings (SSSR count). The van der Waals surface area contributed by atoms with Gasteiger partial charge in [-0.05, 0) is 24.3 Å². The Morgan fingerprint density at radius 2 is 2.14 bits per heavy atom. The summed E-state index contributed by atoms with van der Waals surface area (Å²) in [5.74, 6) is 1.27. The van der Waals surface area contributed by atoms with Crippen LogP contribution in [0.3, 0.4) is 0 Å². The molecular weight excluding hydrogens is 354 g/mol. The van der Waals surface area contributed by atoms with Crippen molar-refractivity contribution in [3.8, 4) is 22.8 Å². The van der Waals surface area contributed by atoms with E-state index in [1.54, 1.807) is 25.5 Å². The molecule has 3 aromatic rings. The Bertz CT molecular complexity index is 1050. The van der Waals surface area contributed by atoms with Crippen LogP contribution in [0.15, 0.2) is 41.5 Å². The molecular formula is C21H23N5O2. The van der Waals surface area contributed by atoms with Crippen LogP contribution in [0.25, 0.3) is 22.3 Å². The molecule has 1 aliphatic rings. The molecule has 0 spiro atoms. The summed E-state index contributed by atoms with van der Waals surface area (Å²) >= 11 is 0. The maximum absolute atomic E-state index is 10.3. The van der Waals surface area contributed by atoms with Crippen molar-refractivity contribution in [2.24, 2.45) is 10.9 Å². The topological polar surface area (TPSA) is 106 Å². The number of fused-ring (bicyclic) bond motifs is 1. The molecule has 0 saturated carbocycles. The Balaban J connectivity index is 1.67. The Morgan fingerprint density at radius 3 is 2.89 bits per heavy atom. The molecule has 0 amide bonds. The van der Waals surface area contributed by atoms with Gasteiger partial charge in [-0.25, -0.2) is 9.97 Å². The predicted octanol–water partition coefficient (Wildman–Crippen LogP) is 2.62. The summed E-state index contributed by atoms with van der Waals surface area (Å²) in [6, 6.07) is 9.02. The van der Waals surface area contributed by atoms with Crippen molar-refractivity contribution in [1.82, 2.24) is 15.3 Å². The normalized spacial score (nSPS) is 19.5. The zero-order valence-corrected chi connectivity index (χ0v) is 15.9. The van der Waals surface area contributed by atoms with Crippen LogP contribution in [-0.2, 0) is 0 Å². The number of nitrogens with zero attached hydrogens (tertiary/aromatic N) is 3. The summed E-state index contributed by atoms with van der Waals surface area (Å²) in [4.78, 5) is 13.1. The van der Waals surface area contributed by atoms with Gasteiger partial charge in [-0.1, -0.05) is 6.92 Å². The Labute approximate surface area is 163 Å². The number of phenolic OH excluding ortho intramolecular Hbond substituents is 1. The molecule has 2 aromatic heterocycles. The average molecular weight is 377 g/mol. The van der Waals surface area contributed by atoms with Crippen LogP contribution in [0.5, 0.6) is 11.5 Å². The van der Waals surface area contributed by atoms with Crippen molar-refractivity contribution in [3.05, 3.63) is 42.1 Å². The van der Waals surface area contributed by atoms with Crippen molar-refractivity contribution >= 4 is 22.9 Å². The van der Waals surface area contributed by atoms with Gasteiger partial charge in [0.25, 0.3) is 0 Å². The monoisotopic (exact) mass is 377 g/mol. The number of phenols is 1. The first-order valence-corrected chi connectivity index (χ1v) is 9.24. The van der Waals surface area contributed by atoms with Crippen LogP contribution in [0.4, 0.5) is 5.69 Å². The highest BCUT2D eigenvalue weighted by atomic mass is 16.5. The molecule has 2 unspecified atom stereocenters. The number of aromatic hydroxyl groups is 1. The quantitative estimate of drug-likeness (QED) is 0.477. The third-order valence-electron chi connectivity index (χ3n) is 5.00. The molecule has 1 fully saturated rings. The first-order valence-electron chi connectivity index (χ1n) is 9.24. The summed E-state index contributed by atoms with van der Waals surface area (Å²) in [6.45, 7) is 3.98. The van der Waals surface area contributed by atoms with Crippen molar-refractivity contribution in [3.63, 3.8) is 0 Å². The van der Waals surface area contributed by atoms with Crippen LogP contribution < -0.4 is 15.8 Å². The van der Waals surface area contributed by atoms with Crippen molar-refractivity contribution in [2.75, 3.05) is 25.9 Å². The second kappa shape index (κ2) is 7.44. The number of pyridine rings is 2. The maximum atomic E-state index is 10.3. The number of rotatable bonds is 4. The van der Waals surface area contributed by atoms with Crippen molar-refractivity contribution < 1.29 is 9.84 Å². The minimum atomic E-state index is 0.0697. The third-order valence-corrected chi connectivity index (χ3v) is 5.00. The van der Waals surface area contributed by atoms with Gasteiger partial charge in [0.2, 0.25) is 0 Å². The molecule has 0 radical (unpaired) electrons. The molecule has 7 nitrogen and oxygen atoms in total. The Hall–Kier alpha value is -3.19. The molecule has 3 heterocycles. The van der Waals surface area contributed by atoms with Crippen LogP contribution in [0, 0.1) is 5.92 Å². The van der Waals surface area contributed by atoms with Gasteiger partial charge in [-0.3, -0.25) is 4.99 Å². The zero-order valence-electron chi connectivity index (χ0n) is 15.9. The SMILES string of the molecule is CN=Cc1cc(-c2ccc3cc(OC4CNCC4C)cnc3n2)c(O)cc1N. The van der Waals surface area contributed by atoms with Gasteiger partial charge in [0, 0.05) is 60.5 Å². The number of nitrogens with two attached hydrogens (primary N) is 1. The summed E-state index contributed by atoms with van der Waals surface area (Å²) in [5.41, 5.74) is 8.91. The summed E-state index contributed by atoms with van der Waals surface area (Å²) < 4.78 is 6.06. The lowest BCUT2D eigenvalue weighted by atomic mass is 10.0. The highest BCUT2D eigenvalue weighted by Crippen LogP contribution is 2.33. The van der Waals surface area contributed by atoms with E-state index >= 15 is 0 Å². The second-order valence-corrected chi connectivity index (χ2v) is 7.09. The number of anilines is 1. The summed E-state index contributed by atoms with van der Waals surface area (Å²) in [7, 11) is 1.67. The molecule has 2 atom stereocenters. The fourth-order valence-corrected chi connectivity index (χ4v) is 3.40. The van der Waals surface area contributed by atoms with E-state index in [0.717, 1.165) is 29.8 Å². The van der Waals surface area contributed by atoms with E-state index in [0.29, 0.717) is 28.5 Å². The van der Waals surface area contributed by atoms with Crippen LogP contribution >= 0.6 is 0 Å². The highest BCUT2D eigenvalue weighted by molar-refractivity contribution is 5.91. The number of nitrogen functional groups attached to an aromatic ring is 1. The molecule has 1 saturated heterocycles. The molecule has 1 aromatic carbocycles. The lowest BCUT2D eigenvalue weighted by Crippen LogP contribution is -2.24. The lowest BCUT2D eigenvalue weighted by Gasteiger charge is -2.17. The van der Waals surface area contributed by atoms with Crippen molar-refractivity contribution in [2.45, 2.75) is 13.0 Å². The summed E-state index contributed by atoms with van der Waals surface area (Å²) in [6.07, 6.45) is 3.50. The van der Waals surface area contributed by atoms with E-state index in [9.17, 15) is 5.11 Å². The molecule has 144 valence electrons. The number of aliphatic imine (C=N–C) groups is 1. The first kappa shape index (κ1) is 18.2. The molecule has 0 bridgehead atoms. The fraction of sp³-hybridized carbons (Fsp3) is 0.286. The van der Waals surface area contributed by atoms with Crippen LogP contribution in [-0.4, -0.2) is 47.5 Å². The number of hydrogen-bond acceptors (Lipinski definition) is 7. The predicted molar refractivity (Wildman–Crippen MR) is 111 cm³/mol. The van der Waals surface area contributed by atoms with Gasteiger partial charge >= 0.3 is 0 Å². The van der Waals surface area contributed by atoms with Crippen molar-refractivity contribution in [1.29, 1.82) is 0 Å². The van der Waals surface area contributed by atoms with E-state index in [1.807, 2.05) is 18.2 Å². The Kier molecular flexibility index (Phi) is 4.83. The van der Waals surface area contributed by atoms with E-state index in [4.69, 9.17) is 10.5 Å². The molecule has 1 aliphatic heterocycles. The van der Waals surface area contributed by atoms with Gasteiger partial charge < -0.3 is 20.9 Å².